The molecule has 5 rings (SSSR count). The van der Waals surface area contributed by atoms with Crippen molar-refractivity contribution >= 4 is 18.0 Å². The minimum absolute atomic E-state index is 0.0245. The lowest BCUT2D eigenvalue weighted by molar-refractivity contribution is -0.150. The second-order valence-corrected chi connectivity index (χ2v) is 9.74. The van der Waals surface area contributed by atoms with Crippen molar-refractivity contribution in [2.75, 3.05) is 19.7 Å². The highest BCUT2D eigenvalue weighted by atomic mass is 16.5. The number of aliphatic hydroxyl groups excluding tert-OH is 1. The molecule has 3 aliphatic rings. The van der Waals surface area contributed by atoms with Gasteiger partial charge in [0.2, 0.25) is 5.91 Å². The van der Waals surface area contributed by atoms with Crippen molar-refractivity contribution in [2.45, 2.75) is 43.7 Å². The summed E-state index contributed by atoms with van der Waals surface area (Å²) in [6.45, 7) is 0.554. The number of hydrogen-bond acceptors (Lipinski definition) is 5. The van der Waals surface area contributed by atoms with E-state index in [0.717, 1.165) is 35.1 Å². The van der Waals surface area contributed by atoms with Crippen LogP contribution in [0.5, 0.6) is 0 Å². The Morgan fingerprint density at radius 3 is 2.31 bits per heavy atom. The average Bonchev–Trinajstić information content (AvgIpc) is 3.57. The highest BCUT2D eigenvalue weighted by Crippen LogP contribution is 2.44. The molecule has 2 fully saturated rings. The Hall–Kier alpha value is -3.39. The third-order valence-corrected chi connectivity index (χ3v) is 7.68. The summed E-state index contributed by atoms with van der Waals surface area (Å²) in [4.78, 5) is 38.5. The second kappa shape index (κ2) is 9.70. The van der Waals surface area contributed by atoms with Crippen LogP contribution in [0.25, 0.3) is 11.1 Å². The molecule has 2 unspecified atom stereocenters. The molecular formula is C27H30N2O6. The Labute approximate surface area is 203 Å². The van der Waals surface area contributed by atoms with Crippen LogP contribution in [0.1, 0.15) is 42.7 Å². The number of fused-ring (bicyclic) bond motifs is 3. The first-order valence-corrected chi connectivity index (χ1v) is 12.2. The Balaban J connectivity index is 1.17. The molecule has 0 aromatic heterocycles. The van der Waals surface area contributed by atoms with E-state index < -0.39 is 24.2 Å². The number of nitrogens with one attached hydrogen (secondary N) is 1. The normalized spacial score (nSPS) is 25.2. The lowest BCUT2D eigenvalue weighted by atomic mass is 9.94. The van der Waals surface area contributed by atoms with Gasteiger partial charge in [0.25, 0.3) is 0 Å². The highest BCUT2D eigenvalue weighted by Gasteiger charge is 2.44. The number of aliphatic hydroxyl groups is 1. The van der Waals surface area contributed by atoms with Gasteiger partial charge in [-0.1, -0.05) is 55.0 Å². The molecule has 2 aromatic carbocycles. The number of carbonyl (C=O) groups excluding carboxylic acids is 2. The number of aliphatic carboxylic acids is 1. The zero-order valence-electron chi connectivity index (χ0n) is 19.4. The maximum absolute atomic E-state index is 13.1. The van der Waals surface area contributed by atoms with E-state index in [4.69, 9.17) is 4.74 Å². The van der Waals surface area contributed by atoms with Gasteiger partial charge in [-0.3, -0.25) is 4.79 Å². The molecule has 1 saturated carbocycles. The van der Waals surface area contributed by atoms with Crippen LogP contribution in [-0.4, -0.2) is 64.9 Å². The van der Waals surface area contributed by atoms with Gasteiger partial charge in [0, 0.05) is 31.3 Å². The van der Waals surface area contributed by atoms with E-state index in [1.165, 1.54) is 4.90 Å². The molecule has 0 bridgehead atoms. The number of carbonyl (C=O) groups is 3. The number of hydrogen-bond donors (Lipinski definition) is 3. The fourth-order valence-corrected chi connectivity index (χ4v) is 5.97. The van der Waals surface area contributed by atoms with Gasteiger partial charge in [-0.2, -0.15) is 0 Å². The third kappa shape index (κ3) is 4.50. The fourth-order valence-electron chi connectivity index (χ4n) is 5.97. The fraction of sp³-hybridized carbons (Fsp3) is 0.444. The van der Waals surface area contributed by atoms with Gasteiger partial charge in [-0.25, -0.2) is 9.59 Å². The van der Waals surface area contributed by atoms with Gasteiger partial charge in [0.15, 0.2) is 0 Å². The lowest BCUT2D eigenvalue weighted by Gasteiger charge is -2.27. The largest absolute Gasteiger partial charge is 0.480 e. The van der Waals surface area contributed by atoms with E-state index in [-0.39, 0.29) is 43.2 Å². The molecule has 2 aromatic rings. The summed E-state index contributed by atoms with van der Waals surface area (Å²) in [6.07, 6.45) is 0.963. The summed E-state index contributed by atoms with van der Waals surface area (Å²) in [7, 11) is 0. The molecule has 8 nitrogen and oxygen atoms in total. The van der Waals surface area contributed by atoms with Crippen molar-refractivity contribution in [3.05, 3.63) is 59.7 Å². The number of carboxylic acid groups (broad SMARTS) is 1. The lowest BCUT2D eigenvalue weighted by Crippen LogP contribution is -2.45. The third-order valence-electron chi connectivity index (χ3n) is 7.68. The Morgan fingerprint density at radius 2 is 1.66 bits per heavy atom. The summed E-state index contributed by atoms with van der Waals surface area (Å²) < 4.78 is 5.60. The number of nitrogens with zero attached hydrogens (tertiary/aromatic N) is 1. The highest BCUT2D eigenvalue weighted by molar-refractivity contribution is 5.86. The molecule has 1 heterocycles. The van der Waals surface area contributed by atoms with E-state index in [0.29, 0.717) is 13.0 Å². The predicted molar refractivity (Wildman–Crippen MR) is 128 cm³/mol. The quantitative estimate of drug-likeness (QED) is 0.588. The molecule has 0 spiro atoms. The molecule has 35 heavy (non-hydrogen) atoms. The molecule has 0 radical (unpaired) electrons. The number of ether oxygens (including phenoxy) is 1. The van der Waals surface area contributed by atoms with E-state index in [1.807, 2.05) is 24.3 Å². The van der Waals surface area contributed by atoms with E-state index in [2.05, 4.69) is 29.6 Å². The van der Waals surface area contributed by atoms with Crippen LogP contribution in [0.2, 0.25) is 0 Å². The number of rotatable bonds is 6. The standard InChI is InChI=1S/C27H30N2O6/c30-17-12-24(26(32)33)29(14-17)25(31)18-11-5-6-16(18)13-28-27(34)35-15-23-21-9-3-1-7-19(21)20-8-2-4-10-22(20)23/h1-4,7-10,16-18,23-24,30H,5-6,11-15H2,(H,28,34)(H,32,33)/t16?,17-,18?,24-/m1/s1. The van der Waals surface area contributed by atoms with Crippen LogP contribution < -0.4 is 5.32 Å². The number of amides is 2. The molecule has 2 aliphatic carbocycles. The number of β-amino-alcohol motifs (C(OH)–C–C–N with tert-alkyl or cyclic N) is 1. The molecule has 8 heteroatoms. The summed E-state index contributed by atoms with van der Waals surface area (Å²) in [5, 5.41) is 22.1. The molecule has 1 aliphatic heterocycles. The number of carboxylic acids is 1. The van der Waals surface area contributed by atoms with E-state index in [9.17, 15) is 24.6 Å². The summed E-state index contributed by atoms with van der Waals surface area (Å²) in [5.41, 5.74) is 4.61. The van der Waals surface area contributed by atoms with Crippen molar-refractivity contribution < 1.29 is 29.3 Å². The van der Waals surface area contributed by atoms with E-state index in [1.54, 1.807) is 0 Å². The number of alkyl carbamates (subject to hydrolysis) is 1. The zero-order chi connectivity index (χ0) is 24.5. The van der Waals surface area contributed by atoms with E-state index >= 15 is 0 Å². The minimum atomic E-state index is -1.10. The van der Waals surface area contributed by atoms with Crippen LogP contribution in [0.4, 0.5) is 4.79 Å². The first kappa shape index (κ1) is 23.4. The Morgan fingerprint density at radius 1 is 1.00 bits per heavy atom. The topological polar surface area (TPSA) is 116 Å². The van der Waals surface area contributed by atoms with Crippen LogP contribution in [0, 0.1) is 11.8 Å². The zero-order valence-corrected chi connectivity index (χ0v) is 19.4. The molecule has 2 amide bonds. The minimum Gasteiger partial charge on any atom is -0.480 e. The van der Waals surface area contributed by atoms with Gasteiger partial charge in [0.05, 0.1) is 6.10 Å². The smallest absolute Gasteiger partial charge is 0.407 e. The summed E-state index contributed by atoms with van der Waals surface area (Å²) >= 11 is 0. The molecule has 1 saturated heterocycles. The van der Waals surface area contributed by atoms with Gasteiger partial charge in [0.1, 0.15) is 12.6 Å². The van der Waals surface area contributed by atoms with Gasteiger partial charge in [-0.05, 0) is 41.0 Å². The molecule has 3 N–H and O–H groups in total. The summed E-state index contributed by atoms with van der Waals surface area (Å²) in [6, 6.07) is 15.3. The van der Waals surface area contributed by atoms with Crippen LogP contribution in [-0.2, 0) is 14.3 Å². The average molecular weight is 479 g/mol. The maximum Gasteiger partial charge on any atom is 0.407 e. The Kier molecular flexibility index (Phi) is 6.47. The summed E-state index contributed by atoms with van der Waals surface area (Å²) in [5.74, 6) is -1.82. The first-order chi connectivity index (χ1) is 16.9. The van der Waals surface area contributed by atoms with Crippen LogP contribution in [0.3, 0.4) is 0 Å². The number of benzene rings is 2. The molecular weight excluding hydrogens is 448 g/mol. The van der Waals surface area contributed by atoms with Gasteiger partial charge >= 0.3 is 12.1 Å². The van der Waals surface area contributed by atoms with Crippen molar-refractivity contribution in [1.82, 2.24) is 10.2 Å². The number of likely N-dealkylation sites (tertiary alicyclic amines) is 1. The maximum atomic E-state index is 13.1. The predicted octanol–water partition coefficient (Wildman–Crippen LogP) is 2.99. The van der Waals surface area contributed by atoms with Crippen molar-refractivity contribution in [3.63, 3.8) is 0 Å². The Bertz CT molecular complexity index is 1090. The molecule has 4 atom stereocenters. The van der Waals surface area contributed by atoms with Crippen molar-refractivity contribution in [3.8, 4) is 11.1 Å². The SMILES string of the molecule is O=C(NCC1CCCC1C(=O)N1C[C@H](O)C[C@@H]1C(=O)O)OCC1c2ccccc2-c2ccccc21. The van der Waals surface area contributed by atoms with Crippen molar-refractivity contribution in [1.29, 1.82) is 0 Å². The van der Waals surface area contributed by atoms with Crippen LogP contribution in [0.15, 0.2) is 48.5 Å². The monoisotopic (exact) mass is 478 g/mol. The van der Waals surface area contributed by atoms with Crippen LogP contribution >= 0.6 is 0 Å². The van der Waals surface area contributed by atoms with Crippen molar-refractivity contribution in [2.24, 2.45) is 11.8 Å². The molecule has 184 valence electrons. The second-order valence-electron chi connectivity index (χ2n) is 9.74. The first-order valence-electron chi connectivity index (χ1n) is 12.2. The van der Waals surface area contributed by atoms with Gasteiger partial charge < -0.3 is 25.2 Å². The van der Waals surface area contributed by atoms with Gasteiger partial charge in [-0.15, -0.1) is 0 Å².